The van der Waals surface area contributed by atoms with E-state index in [1.165, 1.54) is 0 Å². The number of hydrogen-bond acceptors (Lipinski definition) is 6. The van der Waals surface area contributed by atoms with Gasteiger partial charge >= 0.3 is 0 Å². The maximum Gasteiger partial charge on any atom is 0.120 e. The molecule has 0 radical (unpaired) electrons. The molecule has 3 heterocycles. The fraction of sp³-hybridized carbons (Fsp3) is 0.0769. The van der Waals surface area contributed by atoms with Crippen molar-refractivity contribution < 1.29 is 0 Å². The molecule has 0 N–H and O–H groups in total. The van der Waals surface area contributed by atoms with Crippen LogP contribution in [0.1, 0.15) is 11.1 Å². The average Bonchev–Trinajstić information content (AvgIpc) is 2.84. The lowest BCUT2D eigenvalue weighted by Gasteiger charge is -2.11. The standard InChI is InChI=1S/C26H12Br4N6/c1-9-3-15-16(4-10(9)2)32-22-21(31-15)23-25(35-19-7-13(29)11(27)5-17(19)33-23)26-24(22)34-18-6-12(28)14(30)8-20(18)36-26/h3-8H,1-2H3. The minimum atomic E-state index is 0.644. The van der Waals surface area contributed by atoms with E-state index in [4.69, 9.17) is 29.9 Å². The molecule has 0 unspecified atom stereocenters. The highest BCUT2D eigenvalue weighted by atomic mass is 79.9. The Morgan fingerprint density at radius 1 is 0.361 bits per heavy atom. The predicted molar refractivity (Wildman–Crippen MR) is 159 cm³/mol. The van der Waals surface area contributed by atoms with Crippen molar-refractivity contribution in [1.29, 1.82) is 0 Å². The van der Waals surface area contributed by atoms with Crippen LogP contribution in [0.5, 0.6) is 0 Å². The monoisotopic (exact) mass is 724 g/mol. The molecular weight excluding hydrogens is 716 g/mol. The molecule has 10 heteroatoms. The summed E-state index contributed by atoms with van der Waals surface area (Å²) in [5.41, 5.74) is 10.8. The molecule has 3 aromatic heterocycles. The summed E-state index contributed by atoms with van der Waals surface area (Å²) >= 11 is 14.3. The van der Waals surface area contributed by atoms with Crippen LogP contribution in [-0.4, -0.2) is 29.9 Å². The van der Waals surface area contributed by atoms with E-state index >= 15 is 0 Å². The normalized spacial score (nSPS) is 12.2. The van der Waals surface area contributed by atoms with Crippen LogP contribution < -0.4 is 0 Å². The first-order chi connectivity index (χ1) is 17.3. The summed E-state index contributed by atoms with van der Waals surface area (Å²) in [4.78, 5) is 30.1. The van der Waals surface area contributed by atoms with Crippen molar-refractivity contribution in [3.05, 3.63) is 65.4 Å². The smallest absolute Gasteiger partial charge is 0.120 e. The third-order valence-corrected chi connectivity index (χ3v) is 10.1. The average molecular weight is 728 g/mol. The van der Waals surface area contributed by atoms with E-state index in [0.29, 0.717) is 33.1 Å². The Morgan fingerprint density at radius 3 is 0.778 bits per heavy atom. The van der Waals surface area contributed by atoms with Gasteiger partial charge in [0, 0.05) is 17.9 Å². The number of hydrogen-bond donors (Lipinski definition) is 0. The molecule has 0 saturated heterocycles. The number of aromatic nitrogens is 6. The Balaban J connectivity index is 1.76. The second kappa shape index (κ2) is 8.05. The van der Waals surface area contributed by atoms with Crippen molar-refractivity contribution in [3.63, 3.8) is 0 Å². The zero-order valence-corrected chi connectivity index (χ0v) is 25.0. The van der Waals surface area contributed by atoms with Crippen molar-refractivity contribution in [2.24, 2.45) is 0 Å². The molecule has 0 atom stereocenters. The van der Waals surface area contributed by atoms with Crippen LogP contribution in [0.3, 0.4) is 0 Å². The summed E-state index contributed by atoms with van der Waals surface area (Å²) in [6.07, 6.45) is 0. The molecule has 174 valence electrons. The molecule has 0 aliphatic heterocycles. The summed E-state index contributed by atoms with van der Waals surface area (Å²) in [5.74, 6) is 0. The van der Waals surface area contributed by atoms with Gasteiger partial charge in [-0.15, -0.1) is 0 Å². The van der Waals surface area contributed by atoms with Gasteiger partial charge in [-0.1, -0.05) is 0 Å². The van der Waals surface area contributed by atoms with Gasteiger partial charge in [-0.3, -0.25) is 0 Å². The largest absolute Gasteiger partial charge is 0.242 e. The van der Waals surface area contributed by atoms with E-state index in [9.17, 15) is 0 Å². The van der Waals surface area contributed by atoms with E-state index in [1.807, 2.05) is 24.3 Å². The molecule has 0 spiro atoms. The lowest BCUT2D eigenvalue weighted by Crippen LogP contribution is -1.99. The molecule has 7 rings (SSSR count). The molecule has 4 aromatic carbocycles. The highest BCUT2D eigenvalue weighted by Crippen LogP contribution is 2.36. The van der Waals surface area contributed by atoms with Crippen molar-refractivity contribution in [2.45, 2.75) is 13.8 Å². The van der Waals surface area contributed by atoms with Gasteiger partial charge in [-0.25, -0.2) is 29.9 Å². The van der Waals surface area contributed by atoms with Crippen LogP contribution in [0, 0.1) is 13.8 Å². The predicted octanol–water partition coefficient (Wildman–Crippen LogP) is 8.64. The molecule has 0 fully saturated rings. The Hall–Kier alpha value is -2.40. The molecule has 0 bridgehead atoms. The summed E-state index contributed by atoms with van der Waals surface area (Å²) in [7, 11) is 0. The summed E-state index contributed by atoms with van der Waals surface area (Å²) < 4.78 is 3.60. The number of benzene rings is 4. The van der Waals surface area contributed by atoms with Gasteiger partial charge in [0.05, 0.1) is 33.1 Å². The van der Waals surface area contributed by atoms with Crippen LogP contribution in [0.15, 0.2) is 54.3 Å². The second-order valence-electron chi connectivity index (χ2n) is 8.70. The van der Waals surface area contributed by atoms with Crippen LogP contribution in [-0.2, 0) is 0 Å². The third kappa shape index (κ3) is 3.38. The quantitative estimate of drug-likeness (QED) is 0.115. The van der Waals surface area contributed by atoms with Gasteiger partial charge < -0.3 is 0 Å². The van der Waals surface area contributed by atoms with E-state index in [-0.39, 0.29) is 0 Å². The Labute approximate surface area is 237 Å². The van der Waals surface area contributed by atoms with Gasteiger partial charge in [0.25, 0.3) is 0 Å². The van der Waals surface area contributed by atoms with E-state index in [2.05, 4.69) is 89.7 Å². The SMILES string of the molecule is Cc1cc2nc3c(nc2cc1C)c1nc2cc(Br)c(Br)cc2nc1c1nc2cc(Br)c(Br)cc2nc31. The number of aryl methyl sites for hydroxylation is 2. The minimum absolute atomic E-state index is 0.644. The number of halogens is 4. The summed E-state index contributed by atoms with van der Waals surface area (Å²) in [6, 6.07) is 11.9. The number of rotatable bonds is 0. The van der Waals surface area contributed by atoms with Crippen LogP contribution >= 0.6 is 63.7 Å². The molecule has 0 saturated carbocycles. The molecule has 7 aromatic rings. The molecule has 0 aliphatic rings. The van der Waals surface area contributed by atoms with Gasteiger partial charge in [0.1, 0.15) is 33.1 Å². The van der Waals surface area contributed by atoms with Crippen molar-refractivity contribution in [3.8, 4) is 0 Å². The molecule has 0 amide bonds. The first-order valence-corrected chi connectivity index (χ1v) is 14.1. The fourth-order valence-corrected chi connectivity index (χ4v) is 5.73. The lowest BCUT2D eigenvalue weighted by molar-refractivity contribution is 1.30. The maximum absolute atomic E-state index is 5.05. The zero-order chi connectivity index (χ0) is 24.9. The van der Waals surface area contributed by atoms with E-state index in [1.54, 1.807) is 0 Å². The zero-order valence-electron chi connectivity index (χ0n) is 18.7. The molecule has 0 aliphatic carbocycles. The molecule has 36 heavy (non-hydrogen) atoms. The third-order valence-electron chi connectivity index (χ3n) is 6.37. The summed E-state index contributed by atoms with van der Waals surface area (Å²) in [6.45, 7) is 4.16. The maximum atomic E-state index is 5.05. The fourth-order valence-electron chi connectivity index (χ4n) is 4.41. The van der Waals surface area contributed by atoms with Gasteiger partial charge in [-0.2, -0.15) is 0 Å². The number of nitrogens with zero attached hydrogens (tertiary/aromatic N) is 6. The van der Waals surface area contributed by atoms with Crippen molar-refractivity contribution >= 4 is 130 Å². The number of fused-ring (bicyclic) bond motifs is 9. The van der Waals surface area contributed by atoms with Crippen molar-refractivity contribution in [1.82, 2.24) is 29.9 Å². The lowest BCUT2D eigenvalue weighted by atomic mass is 10.1. The Bertz CT molecular complexity index is 1710. The van der Waals surface area contributed by atoms with Gasteiger partial charge in [0.15, 0.2) is 0 Å². The van der Waals surface area contributed by atoms with Crippen molar-refractivity contribution in [2.75, 3.05) is 0 Å². The first-order valence-electron chi connectivity index (χ1n) is 10.9. The Morgan fingerprint density at radius 2 is 0.556 bits per heavy atom. The highest BCUT2D eigenvalue weighted by molar-refractivity contribution is 9.13. The Kier molecular flexibility index (Phi) is 5.09. The van der Waals surface area contributed by atoms with E-state index in [0.717, 1.165) is 62.1 Å². The van der Waals surface area contributed by atoms with Gasteiger partial charge in [-0.05, 0) is 125 Å². The van der Waals surface area contributed by atoms with Crippen LogP contribution in [0.4, 0.5) is 0 Å². The molecule has 6 nitrogen and oxygen atoms in total. The van der Waals surface area contributed by atoms with E-state index < -0.39 is 0 Å². The second-order valence-corrected chi connectivity index (χ2v) is 12.1. The first kappa shape index (κ1) is 22.8. The van der Waals surface area contributed by atoms with Crippen LogP contribution in [0.25, 0.3) is 66.2 Å². The van der Waals surface area contributed by atoms with Gasteiger partial charge in [0.2, 0.25) is 0 Å². The van der Waals surface area contributed by atoms with Crippen LogP contribution in [0.2, 0.25) is 0 Å². The topological polar surface area (TPSA) is 77.3 Å². The summed E-state index contributed by atoms with van der Waals surface area (Å²) in [5, 5.41) is 0. The highest BCUT2D eigenvalue weighted by Gasteiger charge is 2.20. The molecular formula is C26H12Br4N6. The minimum Gasteiger partial charge on any atom is -0.242 e.